The molecule has 84 valence electrons. The van der Waals surface area contributed by atoms with E-state index in [4.69, 9.17) is 0 Å². The number of hydrogen-bond donors (Lipinski definition) is 0. The molecule has 0 aromatic heterocycles. The molecule has 0 aromatic carbocycles. The lowest BCUT2D eigenvalue weighted by molar-refractivity contribution is 0.514. The Hall–Kier alpha value is -1.12. The average molecular weight is 207 g/mol. The van der Waals surface area contributed by atoms with E-state index < -0.39 is 0 Å². The highest BCUT2D eigenvalue weighted by atomic mass is 15.3. The number of likely N-dealkylation sites (tertiary alicyclic amines) is 1. The van der Waals surface area contributed by atoms with Crippen molar-refractivity contribution in [3.8, 4) is 0 Å². The van der Waals surface area contributed by atoms with Gasteiger partial charge < -0.3 is 4.90 Å². The Bertz CT molecular complexity index is 271. The average Bonchev–Trinajstić information content (AvgIpc) is 2.71. The molecule has 0 amide bonds. The Morgan fingerprint density at radius 2 is 1.93 bits per heavy atom. The van der Waals surface area contributed by atoms with Gasteiger partial charge in [-0.25, -0.2) is 9.98 Å². The second-order valence-electron chi connectivity index (χ2n) is 4.31. The smallest absolute Gasteiger partial charge is 0.224 e. The minimum Gasteiger partial charge on any atom is -0.341 e. The standard InChI is InChI=1S/C12H21N3/c1-10(2)11(3)9-14-12(13-4)15-7-5-6-8-15/h9-10H,4-8H2,1-3H3/b11-9+,14-12?. The van der Waals surface area contributed by atoms with Gasteiger partial charge in [0.1, 0.15) is 0 Å². The van der Waals surface area contributed by atoms with E-state index in [1.807, 2.05) is 6.20 Å². The third-order valence-electron chi connectivity index (χ3n) is 2.82. The molecule has 1 rings (SSSR count). The molecule has 1 heterocycles. The summed E-state index contributed by atoms with van der Waals surface area (Å²) in [5, 5.41) is 0. The minimum atomic E-state index is 0.540. The van der Waals surface area contributed by atoms with E-state index in [0.29, 0.717) is 5.92 Å². The van der Waals surface area contributed by atoms with Crippen LogP contribution in [0.3, 0.4) is 0 Å². The van der Waals surface area contributed by atoms with Crippen molar-refractivity contribution in [3.05, 3.63) is 11.8 Å². The molecule has 0 N–H and O–H groups in total. The zero-order valence-corrected chi connectivity index (χ0v) is 10.0. The largest absolute Gasteiger partial charge is 0.341 e. The van der Waals surface area contributed by atoms with Crippen LogP contribution >= 0.6 is 0 Å². The summed E-state index contributed by atoms with van der Waals surface area (Å²) >= 11 is 0. The first-order chi connectivity index (χ1) is 7.15. The molecular formula is C12H21N3. The van der Waals surface area contributed by atoms with Gasteiger partial charge in [-0.1, -0.05) is 19.4 Å². The van der Waals surface area contributed by atoms with Gasteiger partial charge in [-0.05, 0) is 32.4 Å². The first-order valence-corrected chi connectivity index (χ1v) is 5.61. The summed E-state index contributed by atoms with van der Waals surface area (Å²) in [6, 6.07) is 0. The maximum absolute atomic E-state index is 4.40. The molecule has 1 fully saturated rings. The Labute approximate surface area is 92.6 Å². The van der Waals surface area contributed by atoms with Crippen molar-refractivity contribution in [2.24, 2.45) is 15.9 Å². The van der Waals surface area contributed by atoms with E-state index in [-0.39, 0.29) is 0 Å². The van der Waals surface area contributed by atoms with Crippen LogP contribution in [0.2, 0.25) is 0 Å². The van der Waals surface area contributed by atoms with Gasteiger partial charge in [0.15, 0.2) is 0 Å². The Kier molecular flexibility index (Phi) is 4.53. The highest BCUT2D eigenvalue weighted by Crippen LogP contribution is 2.11. The fourth-order valence-electron chi connectivity index (χ4n) is 1.45. The van der Waals surface area contributed by atoms with E-state index in [9.17, 15) is 0 Å². The predicted molar refractivity (Wildman–Crippen MR) is 66.4 cm³/mol. The number of aliphatic imine (C=N–C) groups is 2. The highest BCUT2D eigenvalue weighted by molar-refractivity contribution is 5.84. The lowest BCUT2D eigenvalue weighted by Gasteiger charge is -2.15. The molecule has 15 heavy (non-hydrogen) atoms. The maximum atomic E-state index is 4.40. The molecule has 0 bridgehead atoms. The van der Waals surface area contributed by atoms with E-state index >= 15 is 0 Å². The first kappa shape index (κ1) is 12.0. The van der Waals surface area contributed by atoms with E-state index in [1.54, 1.807) is 0 Å². The number of guanidine groups is 1. The molecule has 0 radical (unpaired) electrons. The normalized spacial score (nSPS) is 18.8. The summed E-state index contributed by atoms with van der Waals surface area (Å²) in [4.78, 5) is 10.6. The van der Waals surface area contributed by atoms with Crippen molar-refractivity contribution in [1.82, 2.24) is 4.90 Å². The van der Waals surface area contributed by atoms with Crippen molar-refractivity contribution in [2.75, 3.05) is 13.1 Å². The van der Waals surface area contributed by atoms with Gasteiger partial charge in [0.25, 0.3) is 0 Å². The van der Waals surface area contributed by atoms with Crippen molar-refractivity contribution in [1.29, 1.82) is 0 Å². The van der Waals surface area contributed by atoms with Crippen LogP contribution in [0.1, 0.15) is 33.6 Å². The van der Waals surface area contributed by atoms with Gasteiger partial charge in [0.2, 0.25) is 5.96 Å². The van der Waals surface area contributed by atoms with Crippen LogP contribution < -0.4 is 0 Å². The molecule has 1 aliphatic rings. The molecule has 1 aliphatic heterocycles. The summed E-state index contributed by atoms with van der Waals surface area (Å²) < 4.78 is 0. The van der Waals surface area contributed by atoms with Gasteiger partial charge in [0, 0.05) is 19.3 Å². The number of hydrogen-bond acceptors (Lipinski definition) is 1. The van der Waals surface area contributed by atoms with Crippen molar-refractivity contribution in [3.63, 3.8) is 0 Å². The number of rotatable bonds is 2. The Balaban J connectivity index is 2.68. The molecule has 0 aliphatic carbocycles. The van der Waals surface area contributed by atoms with E-state index in [2.05, 4.69) is 42.4 Å². The van der Waals surface area contributed by atoms with Crippen LogP contribution in [0.5, 0.6) is 0 Å². The lowest BCUT2D eigenvalue weighted by atomic mass is 10.1. The highest BCUT2D eigenvalue weighted by Gasteiger charge is 2.14. The van der Waals surface area contributed by atoms with Crippen LogP contribution in [0.25, 0.3) is 0 Å². The van der Waals surface area contributed by atoms with Crippen molar-refractivity contribution < 1.29 is 0 Å². The second kappa shape index (κ2) is 5.69. The Morgan fingerprint density at radius 3 is 2.40 bits per heavy atom. The zero-order valence-electron chi connectivity index (χ0n) is 10.0. The Morgan fingerprint density at radius 1 is 1.33 bits per heavy atom. The quantitative estimate of drug-likeness (QED) is 0.505. The molecule has 3 heteroatoms. The maximum Gasteiger partial charge on any atom is 0.224 e. The third-order valence-corrected chi connectivity index (χ3v) is 2.82. The third kappa shape index (κ3) is 3.50. The summed E-state index contributed by atoms with van der Waals surface area (Å²) in [6.07, 6.45) is 4.38. The van der Waals surface area contributed by atoms with Crippen LogP contribution in [-0.2, 0) is 0 Å². The fourth-order valence-corrected chi connectivity index (χ4v) is 1.45. The SMILES string of the molecule is C=NC(=N/C=C(\C)C(C)C)N1CCCC1. The van der Waals surface area contributed by atoms with Crippen LogP contribution in [0.4, 0.5) is 0 Å². The van der Waals surface area contributed by atoms with Crippen LogP contribution in [-0.4, -0.2) is 30.7 Å². The van der Waals surface area contributed by atoms with Gasteiger partial charge in [-0.3, -0.25) is 0 Å². The van der Waals surface area contributed by atoms with E-state index in [1.165, 1.54) is 18.4 Å². The van der Waals surface area contributed by atoms with Gasteiger partial charge in [-0.2, -0.15) is 0 Å². The van der Waals surface area contributed by atoms with Gasteiger partial charge in [-0.15, -0.1) is 0 Å². The minimum absolute atomic E-state index is 0.540. The molecular weight excluding hydrogens is 186 g/mol. The van der Waals surface area contributed by atoms with E-state index in [0.717, 1.165) is 19.0 Å². The second-order valence-corrected chi connectivity index (χ2v) is 4.31. The summed E-state index contributed by atoms with van der Waals surface area (Å²) in [6.45, 7) is 12.1. The lowest BCUT2D eigenvalue weighted by Crippen LogP contribution is -2.25. The molecule has 3 nitrogen and oxygen atoms in total. The van der Waals surface area contributed by atoms with Crippen molar-refractivity contribution in [2.45, 2.75) is 33.6 Å². The fraction of sp³-hybridized carbons (Fsp3) is 0.667. The van der Waals surface area contributed by atoms with Crippen LogP contribution in [0, 0.1) is 5.92 Å². The number of nitrogens with zero attached hydrogens (tertiary/aromatic N) is 3. The first-order valence-electron chi connectivity index (χ1n) is 5.61. The topological polar surface area (TPSA) is 28.0 Å². The molecule has 0 spiro atoms. The monoisotopic (exact) mass is 207 g/mol. The zero-order chi connectivity index (χ0) is 11.3. The predicted octanol–water partition coefficient (Wildman–Crippen LogP) is 2.70. The van der Waals surface area contributed by atoms with Gasteiger partial charge in [0.05, 0.1) is 0 Å². The summed E-state index contributed by atoms with van der Waals surface area (Å²) in [7, 11) is 0. The molecule has 0 atom stereocenters. The molecule has 0 saturated carbocycles. The number of allylic oxidation sites excluding steroid dienone is 1. The molecule has 0 unspecified atom stereocenters. The summed E-state index contributed by atoms with van der Waals surface area (Å²) in [5.74, 6) is 1.31. The summed E-state index contributed by atoms with van der Waals surface area (Å²) in [5.41, 5.74) is 1.27. The van der Waals surface area contributed by atoms with Crippen LogP contribution in [0.15, 0.2) is 21.8 Å². The van der Waals surface area contributed by atoms with Gasteiger partial charge >= 0.3 is 0 Å². The van der Waals surface area contributed by atoms with Crippen molar-refractivity contribution >= 4 is 12.7 Å². The molecule has 1 saturated heterocycles. The molecule has 0 aromatic rings.